The van der Waals surface area contributed by atoms with Gasteiger partial charge in [-0.2, -0.15) is 5.26 Å². The van der Waals surface area contributed by atoms with Gasteiger partial charge in [0.05, 0.1) is 11.6 Å². The van der Waals surface area contributed by atoms with Crippen LogP contribution in [-0.4, -0.2) is 21.9 Å². The van der Waals surface area contributed by atoms with Crippen LogP contribution in [0.3, 0.4) is 0 Å². The maximum atomic E-state index is 13.1. The molecule has 0 saturated carbocycles. The maximum Gasteiger partial charge on any atom is 0.277 e. The summed E-state index contributed by atoms with van der Waals surface area (Å²) in [5.41, 5.74) is 3.70. The van der Waals surface area contributed by atoms with Crippen LogP contribution in [-0.2, 0) is 6.42 Å². The quantitative estimate of drug-likeness (QED) is 0.775. The van der Waals surface area contributed by atoms with Crippen molar-refractivity contribution in [1.82, 2.24) is 9.97 Å². The molecule has 0 fully saturated rings. The second-order valence-corrected chi connectivity index (χ2v) is 6.46. The number of carbonyl (C=O) groups is 1. The van der Waals surface area contributed by atoms with Gasteiger partial charge in [0.2, 0.25) is 0 Å². The normalized spacial score (nSPS) is 15.1. The van der Waals surface area contributed by atoms with E-state index in [4.69, 9.17) is 5.26 Å². The topological polar surface area (TPSA) is 81.9 Å². The first-order chi connectivity index (χ1) is 13.2. The van der Waals surface area contributed by atoms with Gasteiger partial charge in [-0.1, -0.05) is 24.3 Å². The lowest BCUT2D eigenvalue weighted by molar-refractivity contribution is 0.0976. The fourth-order valence-electron chi connectivity index (χ4n) is 3.36. The highest BCUT2D eigenvalue weighted by Crippen LogP contribution is 2.33. The second kappa shape index (κ2) is 6.89. The molecule has 1 aromatic heterocycles. The first kappa shape index (κ1) is 16.7. The van der Waals surface area contributed by atoms with Crippen molar-refractivity contribution in [1.29, 1.82) is 5.26 Å². The van der Waals surface area contributed by atoms with E-state index < -0.39 is 0 Å². The van der Waals surface area contributed by atoms with E-state index in [1.807, 2.05) is 37.3 Å². The number of rotatable bonds is 3. The van der Waals surface area contributed by atoms with Gasteiger partial charge < -0.3 is 10.2 Å². The highest BCUT2D eigenvalue weighted by Gasteiger charge is 2.31. The van der Waals surface area contributed by atoms with Gasteiger partial charge >= 0.3 is 0 Å². The van der Waals surface area contributed by atoms with Gasteiger partial charge in [0.1, 0.15) is 17.8 Å². The zero-order chi connectivity index (χ0) is 18.8. The van der Waals surface area contributed by atoms with Gasteiger partial charge in [-0.15, -0.1) is 0 Å². The minimum absolute atomic E-state index is 0.0774. The predicted octanol–water partition coefficient (Wildman–Crippen LogP) is 3.68. The molecular weight excluding hydrogens is 338 g/mol. The number of hydrogen-bond acceptors (Lipinski definition) is 5. The predicted molar refractivity (Wildman–Crippen MR) is 103 cm³/mol. The third-order valence-electron chi connectivity index (χ3n) is 4.58. The summed E-state index contributed by atoms with van der Waals surface area (Å²) in [4.78, 5) is 23.2. The van der Waals surface area contributed by atoms with Crippen LogP contribution in [0.4, 0.5) is 17.2 Å². The number of aromatic nitrogens is 2. The van der Waals surface area contributed by atoms with Gasteiger partial charge in [0.25, 0.3) is 5.91 Å². The molecule has 1 aliphatic heterocycles. The number of anilines is 3. The van der Waals surface area contributed by atoms with Gasteiger partial charge in [-0.25, -0.2) is 9.97 Å². The highest BCUT2D eigenvalue weighted by molar-refractivity contribution is 6.06. The van der Waals surface area contributed by atoms with Crippen LogP contribution in [0.2, 0.25) is 0 Å². The Labute approximate surface area is 157 Å². The number of para-hydroxylation sites is 1. The van der Waals surface area contributed by atoms with E-state index in [1.165, 1.54) is 11.9 Å². The molecule has 0 radical (unpaired) electrons. The average Bonchev–Trinajstić information content (AvgIpc) is 3.03. The van der Waals surface area contributed by atoms with Crippen LogP contribution < -0.4 is 10.2 Å². The molecule has 1 aliphatic rings. The molecule has 4 rings (SSSR count). The molecule has 132 valence electrons. The summed E-state index contributed by atoms with van der Waals surface area (Å²) in [6.45, 7) is 2.03. The number of carbonyl (C=O) groups excluding carboxylic acids is 1. The maximum absolute atomic E-state index is 13.1. The molecule has 1 unspecified atom stereocenters. The summed E-state index contributed by atoms with van der Waals surface area (Å²) in [5.74, 6) is 0.354. The molecule has 1 N–H and O–H groups in total. The van der Waals surface area contributed by atoms with Gasteiger partial charge in [0.15, 0.2) is 0 Å². The highest BCUT2D eigenvalue weighted by atomic mass is 16.2. The lowest BCUT2D eigenvalue weighted by Gasteiger charge is -2.22. The van der Waals surface area contributed by atoms with Crippen LogP contribution in [0.1, 0.15) is 28.5 Å². The smallest absolute Gasteiger partial charge is 0.277 e. The number of benzene rings is 2. The van der Waals surface area contributed by atoms with E-state index in [9.17, 15) is 4.79 Å². The molecule has 0 bridgehead atoms. The summed E-state index contributed by atoms with van der Waals surface area (Å²) in [6.07, 6.45) is 2.20. The molecular formula is C21H17N5O. The van der Waals surface area contributed by atoms with E-state index in [2.05, 4.69) is 21.4 Å². The fraction of sp³-hybridized carbons (Fsp3) is 0.143. The average molecular weight is 355 g/mol. The van der Waals surface area contributed by atoms with Crippen molar-refractivity contribution in [3.63, 3.8) is 0 Å². The Bertz CT molecular complexity index is 1060. The minimum Gasteiger partial charge on any atom is -0.340 e. The van der Waals surface area contributed by atoms with Crippen molar-refractivity contribution in [2.75, 3.05) is 10.2 Å². The lowest BCUT2D eigenvalue weighted by Crippen LogP contribution is -2.36. The Morgan fingerprint density at radius 2 is 2.04 bits per heavy atom. The Morgan fingerprint density at radius 1 is 1.19 bits per heavy atom. The largest absolute Gasteiger partial charge is 0.340 e. The van der Waals surface area contributed by atoms with Crippen LogP contribution in [0.25, 0.3) is 0 Å². The fourth-order valence-corrected chi connectivity index (χ4v) is 3.36. The molecule has 0 spiro atoms. The molecule has 1 atom stereocenters. The number of nitrogens with one attached hydrogen (secondary N) is 1. The Hall–Kier alpha value is -3.72. The first-order valence-corrected chi connectivity index (χ1v) is 8.66. The van der Waals surface area contributed by atoms with Gasteiger partial charge in [-0.3, -0.25) is 4.79 Å². The lowest BCUT2D eigenvalue weighted by atomic mass is 10.1. The van der Waals surface area contributed by atoms with E-state index >= 15 is 0 Å². The molecule has 2 aromatic carbocycles. The summed E-state index contributed by atoms with van der Waals surface area (Å²) in [5, 5.41) is 12.1. The molecule has 2 heterocycles. The van der Waals surface area contributed by atoms with E-state index in [1.54, 1.807) is 29.2 Å². The summed E-state index contributed by atoms with van der Waals surface area (Å²) >= 11 is 0. The van der Waals surface area contributed by atoms with Crippen molar-refractivity contribution in [2.45, 2.75) is 19.4 Å². The summed E-state index contributed by atoms with van der Waals surface area (Å²) in [6, 6.07) is 18.8. The molecule has 27 heavy (non-hydrogen) atoms. The number of fused-ring (bicyclic) bond motifs is 1. The minimum atomic E-state index is -0.149. The number of hydrogen-bond donors (Lipinski definition) is 1. The van der Waals surface area contributed by atoms with Crippen LogP contribution in [0.5, 0.6) is 0 Å². The standard InChI is InChI=1S/C21H17N5O/c1-14-9-16-6-2-3-8-19(16)26(14)21(27)18-11-20(24-13-23-18)25-17-7-4-5-15(10-17)12-22/h2-8,10-11,13-14H,9H2,1H3,(H,23,24,25). The molecule has 1 amide bonds. The van der Waals surface area contributed by atoms with Crippen molar-refractivity contribution in [3.8, 4) is 6.07 Å². The van der Waals surface area contributed by atoms with Crippen molar-refractivity contribution >= 4 is 23.1 Å². The number of amides is 1. The molecule has 0 saturated heterocycles. The third-order valence-corrected chi connectivity index (χ3v) is 4.58. The summed E-state index contributed by atoms with van der Waals surface area (Å²) < 4.78 is 0. The van der Waals surface area contributed by atoms with Crippen molar-refractivity contribution in [3.05, 3.63) is 77.7 Å². The van der Waals surface area contributed by atoms with Crippen molar-refractivity contribution < 1.29 is 4.79 Å². The molecule has 6 heteroatoms. The van der Waals surface area contributed by atoms with Crippen LogP contribution in [0.15, 0.2) is 60.9 Å². The van der Waals surface area contributed by atoms with Crippen LogP contribution in [0, 0.1) is 11.3 Å². The summed E-state index contributed by atoms with van der Waals surface area (Å²) in [7, 11) is 0. The van der Waals surface area contributed by atoms with E-state index in [0.717, 1.165) is 17.8 Å². The number of nitriles is 1. The molecule has 3 aromatic rings. The molecule has 6 nitrogen and oxygen atoms in total. The van der Waals surface area contributed by atoms with Gasteiger partial charge in [-0.05, 0) is 43.2 Å². The van der Waals surface area contributed by atoms with Crippen molar-refractivity contribution in [2.24, 2.45) is 0 Å². The number of nitrogens with zero attached hydrogens (tertiary/aromatic N) is 4. The Balaban J connectivity index is 1.61. The Morgan fingerprint density at radius 3 is 2.89 bits per heavy atom. The monoisotopic (exact) mass is 355 g/mol. The third kappa shape index (κ3) is 3.23. The van der Waals surface area contributed by atoms with E-state index in [-0.39, 0.29) is 11.9 Å². The second-order valence-electron chi connectivity index (χ2n) is 6.46. The zero-order valence-electron chi connectivity index (χ0n) is 14.8. The first-order valence-electron chi connectivity index (χ1n) is 8.66. The van der Waals surface area contributed by atoms with Crippen LogP contribution >= 0.6 is 0 Å². The molecule has 0 aliphatic carbocycles. The Kier molecular flexibility index (Phi) is 4.27. The SMILES string of the molecule is CC1Cc2ccccc2N1C(=O)c1cc(Nc2cccc(C#N)c2)ncn1. The van der Waals surface area contributed by atoms with Gasteiger partial charge in [0, 0.05) is 23.5 Å². The zero-order valence-corrected chi connectivity index (χ0v) is 14.8. The van der Waals surface area contributed by atoms with E-state index in [0.29, 0.717) is 17.1 Å².